The van der Waals surface area contributed by atoms with Crippen LogP contribution in [0.1, 0.15) is 16.7 Å². The Hall–Kier alpha value is -2.83. The Morgan fingerprint density at radius 3 is 2.15 bits per heavy atom. The number of carbonyl (C=O) groups excluding carboxylic acids is 1. The van der Waals surface area contributed by atoms with Crippen molar-refractivity contribution >= 4 is 48.6 Å². The van der Waals surface area contributed by atoms with E-state index in [2.05, 4.69) is 50.1 Å². The van der Waals surface area contributed by atoms with Crippen molar-refractivity contribution in [3.05, 3.63) is 104 Å². The zero-order valence-electron chi connectivity index (χ0n) is 18.9. The third-order valence-electron chi connectivity index (χ3n) is 5.61. The van der Waals surface area contributed by atoms with Gasteiger partial charge in [-0.1, -0.05) is 60.7 Å². The number of methoxy groups -OCH3 is 2. The molecular weight excluding hydrogens is 560 g/mol. The van der Waals surface area contributed by atoms with E-state index >= 15 is 0 Å². The fraction of sp³-hybridized carbons (Fsp3) is 0.179. The van der Waals surface area contributed by atoms with Crippen molar-refractivity contribution in [2.45, 2.75) is 18.9 Å². The van der Waals surface area contributed by atoms with Crippen LogP contribution in [0.5, 0.6) is 11.5 Å². The van der Waals surface area contributed by atoms with Crippen molar-refractivity contribution in [2.75, 3.05) is 14.2 Å². The van der Waals surface area contributed by atoms with Crippen LogP contribution in [0.3, 0.4) is 0 Å². The quantitative estimate of drug-likeness (QED) is 0.207. The topological polar surface area (TPSA) is 44.8 Å². The lowest BCUT2D eigenvalue weighted by atomic mass is 10.00. The number of benzene rings is 4. The van der Waals surface area contributed by atoms with Crippen LogP contribution in [0.15, 0.2) is 87.8 Å². The third-order valence-corrected chi connectivity index (χ3v) is 6.99. The smallest absolute Gasteiger partial charge is 0.347 e. The zero-order chi connectivity index (χ0) is 24.1. The largest absolute Gasteiger partial charge is 0.496 e. The highest BCUT2D eigenvalue weighted by molar-refractivity contribution is 9.11. The van der Waals surface area contributed by atoms with Crippen LogP contribution in [0, 0.1) is 0 Å². The molecule has 4 aromatic carbocycles. The molecule has 0 spiro atoms. The van der Waals surface area contributed by atoms with E-state index < -0.39 is 12.1 Å². The normalized spacial score (nSPS) is 11.8. The summed E-state index contributed by atoms with van der Waals surface area (Å²) in [4.78, 5) is 12.5. The predicted octanol–water partition coefficient (Wildman–Crippen LogP) is 7.13. The number of hydrogen-bond acceptors (Lipinski definition) is 4. The number of ether oxygens (including phenoxy) is 3. The molecule has 174 valence electrons. The standard InChI is InChI=1S/C28H24Br2O4/c1-32-24-17-22-20(15-21(24)13-18-9-5-3-6-10-18)16-23(29)27(26(22)30)34-25(28(31)33-2)14-19-11-7-4-8-12-19/h3-12,15-17,25H,13-14H2,1-2H3. The first-order valence-corrected chi connectivity index (χ1v) is 12.4. The van der Waals surface area contributed by atoms with Gasteiger partial charge in [-0.05, 0) is 72.1 Å². The third kappa shape index (κ3) is 5.45. The highest BCUT2D eigenvalue weighted by Crippen LogP contribution is 2.42. The highest BCUT2D eigenvalue weighted by Gasteiger charge is 2.25. The van der Waals surface area contributed by atoms with E-state index in [1.807, 2.05) is 60.7 Å². The molecule has 0 aliphatic rings. The lowest BCUT2D eigenvalue weighted by Crippen LogP contribution is -2.31. The molecule has 1 unspecified atom stereocenters. The van der Waals surface area contributed by atoms with Crippen molar-refractivity contribution in [3.8, 4) is 11.5 Å². The summed E-state index contributed by atoms with van der Waals surface area (Å²) in [7, 11) is 3.04. The van der Waals surface area contributed by atoms with Gasteiger partial charge in [0, 0.05) is 18.2 Å². The second-order valence-corrected chi connectivity index (χ2v) is 9.52. The lowest BCUT2D eigenvalue weighted by molar-refractivity contribution is -0.148. The minimum Gasteiger partial charge on any atom is -0.496 e. The summed E-state index contributed by atoms with van der Waals surface area (Å²) in [5.41, 5.74) is 3.28. The van der Waals surface area contributed by atoms with Gasteiger partial charge in [0.15, 0.2) is 6.10 Å². The Morgan fingerprint density at radius 2 is 1.53 bits per heavy atom. The van der Waals surface area contributed by atoms with Crippen LogP contribution in [0.25, 0.3) is 10.8 Å². The van der Waals surface area contributed by atoms with E-state index in [4.69, 9.17) is 14.2 Å². The molecule has 0 saturated carbocycles. The minimum atomic E-state index is -0.795. The number of carbonyl (C=O) groups is 1. The van der Waals surface area contributed by atoms with Crippen LogP contribution in [0.2, 0.25) is 0 Å². The summed E-state index contributed by atoms with van der Waals surface area (Å²) in [6.07, 6.45) is 0.357. The summed E-state index contributed by atoms with van der Waals surface area (Å²) in [6.45, 7) is 0. The fourth-order valence-electron chi connectivity index (χ4n) is 3.91. The van der Waals surface area contributed by atoms with Crippen LogP contribution < -0.4 is 9.47 Å². The number of esters is 1. The van der Waals surface area contributed by atoms with E-state index in [9.17, 15) is 4.79 Å². The fourth-order valence-corrected chi connectivity index (χ4v) is 5.36. The Balaban J connectivity index is 1.71. The molecule has 0 fully saturated rings. The van der Waals surface area contributed by atoms with E-state index in [1.165, 1.54) is 12.7 Å². The summed E-state index contributed by atoms with van der Waals surface area (Å²) in [5.74, 6) is 0.898. The number of fused-ring (bicyclic) bond motifs is 1. The van der Waals surface area contributed by atoms with E-state index in [-0.39, 0.29) is 0 Å². The first-order valence-electron chi connectivity index (χ1n) is 10.8. The Kier molecular flexibility index (Phi) is 7.91. The van der Waals surface area contributed by atoms with E-state index in [0.717, 1.165) is 43.0 Å². The maximum Gasteiger partial charge on any atom is 0.347 e. The van der Waals surface area contributed by atoms with Gasteiger partial charge in [0.25, 0.3) is 0 Å². The van der Waals surface area contributed by atoms with Crippen molar-refractivity contribution in [2.24, 2.45) is 0 Å². The van der Waals surface area contributed by atoms with E-state index in [0.29, 0.717) is 12.2 Å². The zero-order valence-corrected chi connectivity index (χ0v) is 22.1. The SMILES string of the molecule is COC(=O)C(Cc1ccccc1)Oc1c(Br)cc2cc(Cc3ccccc3)c(OC)cc2c1Br. The number of halogens is 2. The number of rotatable bonds is 8. The van der Waals surface area contributed by atoms with E-state index in [1.54, 1.807) is 7.11 Å². The van der Waals surface area contributed by atoms with Gasteiger partial charge in [0.2, 0.25) is 0 Å². The average Bonchev–Trinajstić information content (AvgIpc) is 2.86. The molecule has 0 N–H and O–H groups in total. The Labute approximate surface area is 216 Å². The second-order valence-electron chi connectivity index (χ2n) is 7.87. The summed E-state index contributed by atoms with van der Waals surface area (Å²) >= 11 is 7.35. The first-order chi connectivity index (χ1) is 16.5. The van der Waals surface area contributed by atoms with Gasteiger partial charge in [-0.25, -0.2) is 4.79 Å². The molecule has 0 aliphatic carbocycles. The van der Waals surface area contributed by atoms with Crippen molar-refractivity contribution in [3.63, 3.8) is 0 Å². The van der Waals surface area contributed by atoms with Gasteiger partial charge < -0.3 is 14.2 Å². The van der Waals surface area contributed by atoms with Crippen LogP contribution in [0.4, 0.5) is 0 Å². The average molecular weight is 584 g/mol. The summed E-state index contributed by atoms with van der Waals surface area (Å²) in [5, 5.41) is 1.95. The first kappa shape index (κ1) is 24.3. The maximum atomic E-state index is 12.5. The molecule has 0 aromatic heterocycles. The van der Waals surface area contributed by atoms with Gasteiger partial charge in [0.05, 0.1) is 23.2 Å². The predicted molar refractivity (Wildman–Crippen MR) is 142 cm³/mol. The second kappa shape index (κ2) is 11.1. The Bertz CT molecular complexity index is 1290. The molecule has 4 aromatic rings. The van der Waals surface area contributed by atoms with Crippen molar-refractivity contribution in [1.29, 1.82) is 0 Å². The van der Waals surface area contributed by atoms with Crippen LogP contribution in [-0.2, 0) is 22.4 Å². The van der Waals surface area contributed by atoms with Gasteiger partial charge in [-0.2, -0.15) is 0 Å². The lowest BCUT2D eigenvalue weighted by Gasteiger charge is -2.20. The minimum absolute atomic E-state index is 0.393. The molecule has 4 nitrogen and oxygen atoms in total. The van der Waals surface area contributed by atoms with Gasteiger partial charge in [-0.3, -0.25) is 0 Å². The van der Waals surface area contributed by atoms with Crippen molar-refractivity contribution < 1.29 is 19.0 Å². The van der Waals surface area contributed by atoms with Gasteiger partial charge in [-0.15, -0.1) is 0 Å². The summed E-state index contributed by atoms with van der Waals surface area (Å²) in [6, 6.07) is 26.1. The molecule has 4 rings (SSSR count). The molecule has 0 heterocycles. The molecule has 1 atom stereocenters. The molecule has 0 saturated heterocycles. The molecule has 0 bridgehead atoms. The monoisotopic (exact) mass is 582 g/mol. The molecular formula is C28H24Br2O4. The van der Waals surface area contributed by atoms with Crippen LogP contribution >= 0.6 is 31.9 Å². The van der Waals surface area contributed by atoms with Gasteiger partial charge in [0.1, 0.15) is 11.5 Å². The Morgan fingerprint density at radius 1 is 0.882 bits per heavy atom. The molecule has 6 heteroatoms. The molecule has 34 heavy (non-hydrogen) atoms. The summed E-state index contributed by atoms with van der Waals surface area (Å²) < 4.78 is 18.4. The number of hydrogen-bond donors (Lipinski definition) is 0. The molecule has 0 aliphatic heterocycles. The van der Waals surface area contributed by atoms with Crippen molar-refractivity contribution in [1.82, 2.24) is 0 Å². The van der Waals surface area contributed by atoms with Crippen LogP contribution in [-0.4, -0.2) is 26.3 Å². The molecule has 0 amide bonds. The maximum absolute atomic E-state index is 12.5. The molecule has 0 radical (unpaired) electrons. The van der Waals surface area contributed by atoms with Gasteiger partial charge >= 0.3 is 5.97 Å². The highest BCUT2D eigenvalue weighted by atomic mass is 79.9.